The number of fused-ring (bicyclic) bond motifs is 1. The molecule has 4 aromatic rings. The Hall–Kier alpha value is -4.52. The second-order valence-electron chi connectivity index (χ2n) is 11.2. The third kappa shape index (κ3) is 5.73. The van der Waals surface area contributed by atoms with Gasteiger partial charge in [0.15, 0.2) is 5.65 Å². The van der Waals surface area contributed by atoms with Crippen LogP contribution < -0.4 is 5.32 Å². The van der Waals surface area contributed by atoms with Crippen LogP contribution in [-0.4, -0.2) is 41.9 Å². The number of carbonyl (C=O) groups excluding carboxylic acids is 2. The third-order valence-corrected chi connectivity index (χ3v) is 7.22. The molecule has 1 aliphatic rings. The molecule has 1 fully saturated rings. The van der Waals surface area contributed by atoms with Crippen LogP contribution in [0.2, 0.25) is 0 Å². The maximum atomic E-state index is 13.9. The average molecular weight is 540 g/mol. The summed E-state index contributed by atoms with van der Waals surface area (Å²) in [7, 11) is 0. The van der Waals surface area contributed by atoms with Crippen molar-refractivity contribution in [2.75, 3.05) is 0 Å². The van der Waals surface area contributed by atoms with Gasteiger partial charge >= 0.3 is 6.09 Å². The van der Waals surface area contributed by atoms with E-state index in [1.807, 2.05) is 29.1 Å². The highest BCUT2D eigenvalue weighted by Crippen LogP contribution is 2.37. The van der Waals surface area contributed by atoms with Crippen LogP contribution in [0.15, 0.2) is 61.3 Å². The first kappa shape index (κ1) is 27.1. The van der Waals surface area contributed by atoms with Crippen LogP contribution in [-0.2, 0) is 4.74 Å². The molecular formula is C30H33N7O3. The van der Waals surface area contributed by atoms with Gasteiger partial charge < -0.3 is 10.1 Å². The summed E-state index contributed by atoms with van der Waals surface area (Å²) in [6, 6.07) is 12.2. The van der Waals surface area contributed by atoms with Crippen molar-refractivity contribution >= 4 is 23.0 Å². The number of alkyl carbamates (subject to hydrolysis) is 1. The summed E-state index contributed by atoms with van der Waals surface area (Å²) in [6.45, 7) is 5.30. The number of nitrogens with one attached hydrogen (secondary N) is 1. The number of benzene rings is 1. The van der Waals surface area contributed by atoms with E-state index >= 15 is 0 Å². The van der Waals surface area contributed by atoms with Crippen LogP contribution in [0.3, 0.4) is 0 Å². The molecular weight excluding hydrogens is 506 g/mol. The van der Waals surface area contributed by atoms with Crippen LogP contribution in [0.4, 0.5) is 4.79 Å². The molecule has 1 amide bonds. The highest BCUT2D eigenvalue weighted by molar-refractivity contribution is 5.99. The first-order valence-corrected chi connectivity index (χ1v) is 13.6. The van der Waals surface area contributed by atoms with Crippen LogP contribution >= 0.6 is 0 Å². The quantitative estimate of drug-likeness (QED) is 0.312. The van der Waals surface area contributed by atoms with Crippen molar-refractivity contribution in [1.82, 2.24) is 29.6 Å². The van der Waals surface area contributed by atoms with Crippen molar-refractivity contribution in [1.29, 1.82) is 5.26 Å². The van der Waals surface area contributed by atoms with Crippen molar-refractivity contribution in [3.63, 3.8) is 0 Å². The number of rotatable bonds is 7. The van der Waals surface area contributed by atoms with Gasteiger partial charge in [-0.1, -0.05) is 43.2 Å². The molecule has 3 aromatic heterocycles. The van der Waals surface area contributed by atoms with E-state index in [0.29, 0.717) is 34.6 Å². The smallest absolute Gasteiger partial charge is 0.408 e. The Kier molecular flexibility index (Phi) is 7.65. The average Bonchev–Trinajstić information content (AvgIpc) is 3.70. The molecule has 1 N–H and O–H groups in total. The van der Waals surface area contributed by atoms with E-state index in [1.165, 1.54) is 23.7 Å². The molecule has 0 saturated heterocycles. The standard InChI is InChI=1S/C30H33N7O3/c1-30(2,3)40-29(39)35-26(21-11-5-4-6-12-21)28(38)36-16-14-23-25(32-19-33-27(23)36)22-17-34-37(18-22)24(13-15-31)20-9-7-8-10-20/h4-6,11-12,14,16-20,24,26H,7-10,13H2,1-3H3,(H,35,39)/t24-,26+/m1/s1. The predicted octanol–water partition coefficient (Wildman–Crippen LogP) is 5.85. The number of hydrogen-bond acceptors (Lipinski definition) is 7. The molecule has 1 saturated carbocycles. The molecule has 0 spiro atoms. The van der Waals surface area contributed by atoms with Crippen molar-refractivity contribution < 1.29 is 14.3 Å². The molecule has 0 aliphatic heterocycles. The van der Waals surface area contributed by atoms with Gasteiger partial charge in [0, 0.05) is 23.3 Å². The lowest BCUT2D eigenvalue weighted by Gasteiger charge is -2.23. The number of amides is 1. The van der Waals surface area contributed by atoms with Gasteiger partial charge in [-0.2, -0.15) is 10.4 Å². The first-order chi connectivity index (χ1) is 19.2. The number of aromatic nitrogens is 5. The van der Waals surface area contributed by atoms with Gasteiger partial charge in [-0.25, -0.2) is 14.8 Å². The molecule has 0 radical (unpaired) electrons. The number of ether oxygens (including phenoxy) is 1. The lowest BCUT2D eigenvalue weighted by molar-refractivity contribution is 0.0482. The monoisotopic (exact) mass is 539 g/mol. The van der Waals surface area contributed by atoms with E-state index in [1.54, 1.807) is 51.4 Å². The fourth-order valence-electron chi connectivity index (χ4n) is 5.41. The number of hydrogen-bond donors (Lipinski definition) is 1. The molecule has 5 rings (SSSR count). The molecule has 1 aliphatic carbocycles. The van der Waals surface area contributed by atoms with Crippen molar-refractivity contribution in [3.8, 4) is 17.3 Å². The van der Waals surface area contributed by atoms with E-state index in [9.17, 15) is 14.9 Å². The Labute approximate surface area is 233 Å². The molecule has 0 unspecified atom stereocenters. The molecule has 206 valence electrons. The molecule has 40 heavy (non-hydrogen) atoms. The summed E-state index contributed by atoms with van der Waals surface area (Å²) >= 11 is 0. The van der Waals surface area contributed by atoms with Gasteiger partial charge in [0.1, 0.15) is 18.0 Å². The minimum absolute atomic E-state index is 0.0234. The fraction of sp³-hybridized carbons (Fsp3) is 0.400. The molecule has 3 heterocycles. The van der Waals surface area contributed by atoms with Gasteiger partial charge in [0.2, 0.25) is 0 Å². The van der Waals surface area contributed by atoms with E-state index in [4.69, 9.17) is 4.74 Å². The van der Waals surface area contributed by atoms with Crippen molar-refractivity contribution in [3.05, 3.63) is 66.9 Å². The number of nitriles is 1. The molecule has 1 aromatic carbocycles. The largest absolute Gasteiger partial charge is 0.444 e. The van der Waals surface area contributed by atoms with E-state index in [-0.39, 0.29) is 11.9 Å². The van der Waals surface area contributed by atoms with Crippen LogP contribution in [0.5, 0.6) is 0 Å². The zero-order valence-corrected chi connectivity index (χ0v) is 22.9. The van der Waals surface area contributed by atoms with Crippen molar-refractivity contribution in [2.45, 2.75) is 70.6 Å². The summed E-state index contributed by atoms with van der Waals surface area (Å²) in [6.07, 6.45) is 11.0. The fourth-order valence-corrected chi connectivity index (χ4v) is 5.41. The van der Waals surface area contributed by atoms with Gasteiger partial charge in [0.05, 0.1) is 30.4 Å². The highest BCUT2D eigenvalue weighted by Gasteiger charge is 2.29. The highest BCUT2D eigenvalue weighted by atomic mass is 16.6. The van der Waals surface area contributed by atoms with E-state index in [2.05, 4.69) is 26.5 Å². The molecule has 2 atom stereocenters. The van der Waals surface area contributed by atoms with Crippen molar-refractivity contribution in [2.24, 2.45) is 5.92 Å². The summed E-state index contributed by atoms with van der Waals surface area (Å²) in [5, 5.41) is 17.4. The maximum absolute atomic E-state index is 13.9. The Balaban J connectivity index is 1.47. The minimum atomic E-state index is -0.994. The van der Waals surface area contributed by atoms with Crippen LogP contribution in [0.1, 0.15) is 75.3 Å². The number of nitrogens with zero attached hydrogens (tertiary/aromatic N) is 6. The van der Waals surface area contributed by atoms with Gasteiger partial charge in [-0.05, 0) is 51.2 Å². The van der Waals surface area contributed by atoms with Gasteiger partial charge in [-0.3, -0.25) is 14.0 Å². The second-order valence-corrected chi connectivity index (χ2v) is 11.2. The SMILES string of the molecule is CC(C)(C)OC(=O)N[C@H](C(=O)n1ccc2c(-c3cnn([C@H](CC#N)C4CCCC4)c3)ncnc21)c1ccccc1. The lowest BCUT2D eigenvalue weighted by Crippen LogP contribution is -2.39. The zero-order valence-electron chi connectivity index (χ0n) is 22.9. The first-order valence-electron chi connectivity index (χ1n) is 13.6. The van der Waals surface area contributed by atoms with E-state index < -0.39 is 17.7 Å². The summed E-state index contributed by atoms with van der Waals surface area (Å²) in [5.41, 5.74) is 1.74. The zero-order chi connectivity index (χ0) is 28.3. The van der Waals surface area contributed by atoms with Gasteiger partial charge in [-0.15, -0.1) is 0 Å². The summed E-state index contributed by atoms with van der Waals surface area (Å²) < 4.78 is 8.75. The Morgan fingerprint density at radius 3 is 2.60 bits per heavy atom. The second kappa shape index (κ2) is 11.3. The van der Waals surface area contributed by atoms with Gasteiger partial charge in [0.25, 0.3) is 5.91 Å². The topological polar surface area (TPSA) is 128 Å². The Bertz CT molecular complexity index is 1540. The molecule has 0 bridgehead atoms. The summed E-state index contributed by atoms with van der Waals surface area (Å²) in [4.78, 5) is 35.5. The molecule has 10 nitrogen and oxygen atoms in total. The lowest BCUT2D eigenvalue weighted by atomic mass is 9.96. The Morgan fingerprint density at radius 1 is 1.15 bits per heavy atom. The Morgan fingerprint density at radius 2 is 1.90 bits per heavy atom. The minimum Gasteiger partial charge on any atom is -0.444 e. The predicted molar refractivity (Wildman–Crippen MR) is 149 cm³/mol. The number of carbonyl (C=O) groups is 2. The van der Waals surface area contributed by atoms with E-state index in [0.717, 1.165) is 18.4 Å². The molecule has 10 heteroatoms. The summed E-state index contributed by atoms with van der Waals surface area (Å²) in [5.74, 6) is 0.0478. The normalized spacial score (nSPS) is 15.4. The van der Waals surface area contributed by atoms with Crippen LogP contribution in [0.25, 0.3) is 22.3 Å². The maximum Gasteiger partial charge on any atom is 0.408 e. The third-order valence-electron chi connectivity index (χ3n) is 7.22. The van der Waals surface area contributed by atoms with Crippen LogP contribution in [0, 0.1) is 17.2 Å².